The number of aromatic nitrogens is 1. The van der Waals surface area contributed by atoms with Gasteiger partial charge in [-0.1, -0.05) is 0 Å². The summed E-state index contributed by atoms with van der Waals surface area (Å²) in [4.78, 5) is 3.78. The fourth-order valence-electron chi connectivity index (χ4n) is 0.967. The number of nitrogens with zero attached hydrogens (tertiary/aromatic N) is 1. The molecular weight excluding hydrogens is 199 g/mol. The first-order chi connectivity index (χ1) is 6.47. The van der Waals surface area contributed by atoms with Crippen molar-refractivity contribution in [3.8, 4) is 0 Å². The van der Waals surface area contributed by atoms with Crippen molar-refractivity contribution in [3.63, 3.8) is 0 Å². The van der Waals surface area contributed by atoms with Crippen molar-refractivity contribution in [1.29, 1.82) is 0 Å². The molecule has 0 aromatic carbocycles. The Morgan fingerprint density at radius 2 is 2.21 bits per heavy atom. The van der Waals surface area contributed by atoms with Gasteiger partial charge in [0.1, 0.15) is 5.82 Å². The fraction of sp³-hybridized carbons (Fsp3) is 0.500. The van der Waals surface area contributed by atoms with Crippen molar-refractivity contribution in [2.45, 2.75) is 25.1 Å². The number of thioether (sulfide) groups is 1. The van der Waals surface area contributed by atoms with E-state index >= 15 is 0 Å². The van der Waals surface area contributed by atoms with Crippen molar-refractivity contribution in [2.24, 2.45) is 5.73 Å². The predicted molar refractivity (Wildman–Crippen MR) is 58.6 cm³/mol. The molecule has 14 heavy (non-hydrogen) atoms. The Bertz CT molecular complexity index is 296. The summed E-state index contributed by atoms with van der Waals surface area (Å²) in [5, 5.41) is 0. The summed E-state index contributed by atoms with van der Waals surface area (Å²) in [5.74, 6) is 1.32. The summed E-state index contributed by atoms with van der Waals surface area (Å²) in [5.41, 5.74) is 6.55. The molecule has 0 amide bonds. The van der Waals surface area contributed by atoms with Crippen LogP contribution in [0.4, 0.5) is 4.39 Å². The Kier molecular flexibility index (Phi) is 3.89. The molecule has 1 aromatic heterocycles. The van der Waals surface area contributed by atoms with Crippen molar-refractivity contribution >= 4 is 11.8 Å². The Morgan fingerprint density at radius 1 is 1.50 bits per heavy atom. The van der Waals surface area contributed by atoms with E-state index in [9.17, 15) is 4.39 Å². The maximum absolute atomic E-state index is 12.7. The smallest absolute Gasteiger partial charge is 0.141 e. The molecule has 0 aliphatic heterocycles. The van der Waals surface area contributed by atoms with Crippen LogP contribution in [0.25, 0.3) is 0 Å². The highest BCUT2D eigenvalue weighted by molar-refractivity contribution is 7.98. The van der Waals surface area contributed by atoms with Crippen LogP contribution >= 0.6 is 11.8 Å². The minimum atomic E-state index is -0.282. The van der Waals surface area contributed by atoms with Gasteiger partial charge in [0.15, 0.2) is 0 Å². The number of pyridine rings is 1. The molecule has 2 nitrogen and oxygen atoms in total. The minimum Gasteiger partial charge on any atom is -0.325 e. The first kappa shape index (κ1) is 11.5. The molecule has 0 fully saturated rings. The molecule has 2 N–H and O–H groups in total. The lowest BCUT2D eigenvalue weighted by atomic mass is 10.1. The third kappa shape index (κ3) is 4.58. The van der Waals surface area contributed by atoms with E-state index in [4.69, 9.17) is 5.73 Å². The summed E-state index contributed by atoms with van der Waals surface area (Å²) in [6.45, 7) is 3.95. The van der Waals surface area contributed by atoms with Crippen LogP contribution in [0.1, 0.15) is 19.4 Å². The number of rotatable bonds is 4. The van der Waals surface area contributed by atoms with Crippen molar-refractivity contribution < 1.29 is 4.39 Å². The van der Waals surface area contributed by atoms with Crippen LogP contribution in [-0.4, -0.2) is 16.3 Å². The summed E-state index contributed by atoms with van der Waals surface area (Å²) in [7, 11) is 0. The van der Waals surface area contributed by atoms with E-state index < -0.39 is 0 Å². The van der Waals surface area contributed by atoms with Crippen LogP contribution in [0.15, 0.2) is 18.5 Å². The summed E-state index contributed by atoms with van der Waals surface area (Å²) in [6.07, 6.45) is 2.89. The molecule has 0 saturated carbocycles. The molecular formula is C10H15FN2S. The van der Waals surface area contributed by atoms with Gasteiger partial charge in [-0.3, -0.25) is 4.98 Å². The van der Waals surface area contributed by atoms with E-state index in [1.54, 1.807) is 18.0 Å². The zero-order valence-electron chi connectivity index (χ0n) is 8.46. The predicted octanol–water partition coefficient (Wildman–Crippen LogP) is 2.19. The molecule has 0 unspecified atom stereocenters. The van der Waals surface area contributed by atoms with Crippen LogP contribution in [0.2, 0.25) is 0 Å². The van der Waals surface area contributed by atoms with Gasteiger partial charge in [-0.2, -0.15) is 11.8 Å². The molecule has 0 aliphatic rings. The second-order valence-electron chi connectivity index (χ2n) is 3.99. The molecule has 0 radical (unpaired) electrons. The zero-order valence-corrected chi connectivity index (χ0v) is 9.27. The van der Waals surface area contributed by atoms with E-state index in [-0.39, 0.29) is 11.4 Å². The van der Waals surface area contributed by atoms with E-state index in [1.165, 1.54) is 12.3 Å². The summed E-state index contributed by atoms with van der Waals surface area (Å²) < 4.78 is 12.7. The maximum atomic E-state index is 12.7. The Hall–Kier alpha value is -0.610. The van der Waals surface area contributed by atoms with E-state index in [0.717, 1.165) is 17.1 Å². The SMILES string of the molecule is CC(C)(N)CSCc1cncc(F)c1. The monoisotopic (exact) mass is 214 g/mol. The van der Waals surface area contributed by atoms with Gasteiger partial charge in [0.25, 0.3) is 0 Å². The van der Waals surface area contributed by atoms with Gasteiger partial charge in [-0.05, 0) is 25.5 Å². The molecule has 0 bridgehead atoms. The quantitative estimate of drug-likeness (QED) is 0.835. The second-order valence-corrected chi connectivity index (χ2v) is 4.98. The van der Waals surface area contributed by atoms with Gasteiger partial charge in [0, 0.05) is 23.2 Å². The number of hydrogen-bond acceptors (Lipinski definition) is 3. The second kappa shape index (κ2) is 4.75. The minimum absolute atomic E-state index is 0.175. The van der Waals surface area contributed by atoms with Gasteiger partial charge >= 0.3 is 0 Å². The summed E-state index contributed by atoms with van der Waals surface area (Å²) >= 11 is 1.69. The highest BCUT2D eigenvalue weighted by atomic mass is 32.2. The zero-order chi connectivity index (χ0) is 10.6. The maximum Gasteiger partial charge on any atom is 0.141 e. The van der Waals surface area contributed by atoms with Crippen LogP contribution < -0.4 is 5.73 Å². The molecule has 1 rings (SSSR count). The van der Waals surface area contributed by atoms with Gasteiger partial charge in [0.2, 0.25) is 0 Å². The number of halogens is 1. The lowest BCUT2D eigenvalue weighted by molar-refractivity contribution is 0.591. The molecule has 0 atom stereocenters. The molecule has 0 aliphatic carbocycles. The average Bonchev–Trinajstić information content (AvgIpc) is 2.01. The van der Waals surface area contributed by atoms with Crippen LogP contribution in [0, 0.1) is 5.82 Å². The van der Waals surface area contributed by atoms with Gasteiger partial charge < -0.3 is 5.73 Å². The lowest BCUT2D eigenvalue weighted by Gasteiger charge is -2.17. The van der Waals surface area contributed by atoms with E-state index in [2.05, 4.69) is 4.98 Å². The van der Waals surface area contributed by atoms with Gasteiger partial charge in [-0.25, -0.2) is 4.39 Å². The van der Waals surface area contributed by atoms with E-state index in [1.807, 2.05) is 13.8 Å². The van der Waals surface area contributed by atoms with Crippen LogP contribution in [-0.2, 0) is 5.75 Å². The topological polar surface area (TPSA) is 38.9 Å². The van der Waals surface area contributed by atoms with Crippen molar-refractivity contribution in [2.75, 3.05) is 5.75 Å². The van der Waals surface area contributed by atoms with Crippen LogP contribution in [0.5, 0.6) is 0 Å². The number of nitrogens with two attached hydrogens (primary N) is 1. The number of hydrogen-bond donors (Lipinski definition) is 1. The Balaban J connectivity index is 2.39. The molecule has 1 heterocycles. The standard InChI is InChI=1S/C10H15FN2S/c1-10(2,12)7-14-6-8-3-9(11)5-13-4-8/h3-5H,6-7,12H2,1-2H3. The Labute approximate surface area is 88.1 Å². The molecule has 78 valence electrons. The Morgan fingerprint density at radius 3 is 2.79 bits per heavy atom. The molecule has 0 spiro atoms. The normalized spacial score (nSPS) is 11.7. The molecule has 4 heteroatoms. The largest absolute Gasteiger partial charge is 0.325 e. The lowest BCUT2D eigenvalue weighted by Crippen LogP contribution is -2.34. The van der Waals surface area contributed by atoms with Crippen LogP contribution in [0.3, 0.4) is 0 Å². The average molecular weight is 214 g/mol. The van der Waals surface area contributed by atoms with E-state index in [0.29, 0.717) is 0 Å². The molecule has 1 aromatic rings. The highest BCUT2D eigenvalue weighted by Crippen LogP contribution is 2.16. The van der Waals surface area contributed by atoms with Gasteiger partial charge in [0.05, 0.1) is 6.20 Å². The first-order valence-electron chi connectivity index (χ1n) is 4.43. The third-order valence-electron chi connectivity index (χ3n) is 1.50. The fourth-order valence-corrected chi connectivity index (χ4v) is 1.99. The van der Waals surface area contributed by atoms with Crippen molar-refractivity contribution in [1.82, 2.24) is 4.98 Å². The van der Waals surface area contributed by atoms with Crippen molar-refractivity contribution in [3.05, 3.63) is 29.8 Å². The highest BCUT2D eigenvalue weighted by Gasteiger charge is 2.10. The third-order valence-corrected chi connectivity index (χ3v) is 2.99. The first-order valence-corrected chi connectivity index (χ1v) is 5.59. The summed E-state index contributed by atoms with van der Waals surface area (Å²) in [6, 6.07) is 1.50. The van der Waals surface area contributed by atoms with Gasteiger partial charge in [-0.15, -0.1) is 0 Å². The molecule has 0 saturated heterocycles.